The number of hydrogen-bond acceptors (Lipinski definition) is 8. The molecule has 4 heterocycles. The fourth-order valence-corrected chi connectivity index (χ4v) is 5.68. The number of amides is 1. The largest absolute Gasteiger partial charge is 0.493 e. The molecule has 0 bridgehead atoms. The smallest absolute Gasteiger partial charge is 0.271 e. The summed E-state index contributed by atoms with van der Waals surface area (Å²) < 4.78 is 43.7. The van der Waals surface area contributed by atoms with Crippen molar-refractivity contribution in [1.29, 1.82) is 0 Å². The van der Waals surface area contributed by atoms with Gasteiger partial charge < -0.3 is 19.9 Å². The highest BCUT2D eigenvalue weighted by Gasteiger charge is 2.21. The number of anilines is 1. The van der Waals surface area contributed by atoms with Crippen molar-refractivity contribution < 1.29 is 28.2 Å². The van der Waals surface area contributed by atoms with Crippen LogP contribution in [0.25, 0.3) is 26.3 Å². The highest BCUT2D eigenvalue weighted by molar-refractivity contribution is 7.22. The molecule has 0 saturated heterocycles. The molecule has 6 rings (SSSR count). The predicted molar refractivity (Wildman–Crippen MR) is 166 cm³/mol. The zero-order chi connectivity index (χ0) is 31.5. The Kier molecular flexibility index (Phi) is 8.36. The molecular formula is C32H25F2N5O5S. The summed E-state index contributed by atoms with van der Waals surface area (Å²) in [6.07, 6.45) is 6.50. The number of carbonyl (C=O) groups is 1. The number of hydrogen-bond donors (Lipinski definition) is 2. The summed E-state index contributed by atoms with van der Waals surface area (Å²) in [6, 6.07) is 14.1. The van der Waals surface area contributed by atoms with E-state index < -0.39 is 23.1 Å². The number of halogens is 2. The van der Waals surface area contributed by atoms with E-state index in [9.17, 15) is 14.0 Å². The van der Waals surface area contributed by atoms with E-state index in [1.54, 1.807) is 30.1 Å². The van der Waals surface area contributed by atoms with E-state index in [2.05, 4.69) is 15.4 Å². The highest BCUT2D eigenvalue weighted by Crippen LogP contribution is 2.39. The first-order valence-electron chi connectivity index (χ1n) is 13.8. The molecule has 0 aliphatic heterocycles. The summed E-state index contributed by atoms with van der Waals surface area (Å²) in [7, 11) is 0. The van der Waals surface area contributed by atoms with Gasteiger partial charge in [-0.1, -0.05) is 0 Å². The topological polar surface area (TPSA) is 121 Å². The molecule has 0 aliphatic rings. The minimum atomic E-state index is -0.808. The molecule has 10 nitrogen and oxygen atoms in total. The second kappa shape index (κ2) is 12.7. The Labute approximate surface area is 258 Å². The average molecular weight is 630 g/mol. The summed E-state index contributed by atoms with van der Waals surface area (Å²) in [5.74, 6) is -1.67. The highest BCUT2D eigenvalue weighted by atomic mass is 32.1. The Morgan fingerprint density at radius 1 is 1.04 bits per heavy atom. The summed E-state index contributed by atoms with van der Waals surface area (Å²) in [4.78, 5) is 31.9. The second-order valence-electron chi connectivity index (χ2n) is 9.69. The van der Waals surface area contributed by atoms with E-state index >= 15 is 4.39 Å². The fraction of sp³-hybridized carbons (Fsp3) is 0.125. The molecule has 0 saturated carbocycles. The molecule has 2 N–H and O–H groups in total. The minimum Gasteiger partial charge on any atom is -0.493 e. The van der Waals surface area contributed by atoms with E-state index in [4.69, 9.17) is 14.6 Å². The van der Waals surface area contributed by atoms with Crippen LogP contribution in [0.15, 0.2) is 90.2 Å². The maximum Gasteiger partial charge on any atom is 0.271 e. The lowest BCUT2D eigenvalue weighted by atomic mass is 10.2. The normalized spacial score (nSPS) is 11.1. The van der Waals surface area contributed by atoms with Crippen LogP contribution in [0.1, 0.15) is 17.3 Å². The molecular weight excluding hydrogens is 604 g/mol. The standard InChI is InChI=1S/C32H25F2N5O5S/c1-2-43-26-10-12-39(22-6-3-20(33)4-7-22)32(42)29(26)31(41)37-21-5-8-25(23(34)15-21)44-27-9-11-35-24-16-28(45-30(24)27)19-17-36-38(18-19)13-14-40/h3-12,15-18,40H,2,13-14H2,1H3,(H,37,41). The molecule has 0 spiro atoms. The van der Waals surface area contributed by atoms with Crippen LogP contribution in [0, 0.1) is 11.6 Å². The van der Waals surface area contributed by atoms with Gasteiger partial charge in [-0.25, -0.2) is 8.78 Å². The van der Waals surface area contributed by atoms with Crippen molar-refractivity contribution in [3.8, 4) is 33.4 Å². The average Bonchev–Trinajstić information content (AvgIpc) is 3.67. The summed E-state index contributed by atoms with van der Waals surface area (Å²) in [5, 5.41) is 16.0. The van der Waals surface area contributed by atoms with Gasteiger partial charge in [0, 0.05) is 52.5 Å². The van der Waals surface area contributed by atoms with Gasteiger partial charge in [0.15, 0.2) is 11.6 Å². The van der Waals surface area contributed by atoms with Crippen LogP contribution in [0.3, 0.4) is 0 Å². The number of ether oxygens (including phenoxy) is 2. The number of pyridine rings is 2. The molecule has 4 aromatic heterocycles. The van der Waals surface area contributed by atoms with Gasteiger partial charge in [0.1, 0.15) is 22.9 Å². The van der Waals surface area contributed by atoms with Crippen LogP contribution in [0.4, 0.5) is 14.5 Å². The first-order valence-corrected chi connectivity index (χ1v) is 14.6. The summed E-state index contributed by atoms with van der Waals surface area (Å²) >= 11 is 1.40. The van der Waals surface area contributed by atoms with Gasteiger partial charge >= 0.3 is 0 Å². The Morgan fingerprint density at radius 3 is 2.62 bits per heavy atom. The van der Waals surface area contributed by atoms with Gasteiger partial charge in [0.25, 0.3) is 11.5 Å². The Hall–Kier alpha value is -5.40. The van der Waals surface area contributed by atoms with E-state index in [1.807, 2.05) is 12.3 Å². The Bertz CT molecular complexity index is 2070. The van der Waals surface area contributed by atoms with Crippen LogP contribution >= 0.6 is 11.3 Å². The van der Waals surface area contributed by atoms with E-state index in [0.29, 0.717) is 28.2 Å². The molecule has 0 aliphatic carbocycles. The number of aliphatic hydroxyl groups is 1. The van der Waals surface area contributed by atoms with Crippen molar-refractivity contribution in [2.45, 2.75) is 13.5 Å². The zero-order valence-electron chi connectivity index (χ0n) is 23.7. The predicted octanol–water partition coefficient (Wildman–Crippen LogP) is 6.02. The maximum atomic E-state index is 15.3. The van der Waals surface area contributed by atoms with Crippen LogP contribution in [-0.2, 0) is 6.54 Å². The molecule has 13 heteroatoms. The SMILES string of the molecule is CCOc1ccn(-c2ccc(F)cc2)c(=O)c1C(=O)Nc1ccc(Oc2ccnc3cc(-c4cnn(CCO)c4)sc23)c(F)c1. The summed E-state index contributed by atoms with van der Waals surface area (Å²) in [5.41, 5.74) is 0.958. The van der Waals surface area contributed by atoms with Crippen LogP contribution in [0.5, 0.6) is 17.2 Å². The Balaban J connectivity index is 1.24. The van der Waals surface area contributed by atoms with Gasteiger partial charge in [-0.05, 0) is 55.5 Å². The fourth-order valence-electron chi connectivity index (χ4n) is 4.64. The van der Waals surface area contributed by atoms with Crippen molar-refractivity contribution in [2.24, 2.45) is 0 Å². The minimum absolute atomic E-state index is 0.0289. The molecule has 1 amide bonds. The second-order valence-corrected chi connectivity index (χ2v) is 10.7. The zero-order valence-corrected chi connectivity index (χ0v) is 24.6. The lowest BCUT2D eigenvalue weighted by Gasteiger charge is -2.14. The number of thiophene rings is 1. The van der Waals surface area contributed by atoms with Crippen molar-refractivity contribution in [2.75, 3.05) is 18.5 Å². The Morgan fingerprint density at radius 2 is 1.87 bits per heavy atom. The van der Waals surface area contributed by atoms with E-state index in [1.165, 1.54) is 64.6 Å². The number of nitrogens with one attached hydrogen (secondary N) is 1. The third kappa shape index (κ3) is 6.16. The first kappa shape index (κ1) is 29.7. The van der Waals surface area contributed by atoms with Gasteiger partial charge in [-0.15, -0.1) is 11.3 Å². The summed E-state index contributed by atoms with van der Waals surface area (Å²) in [6.45, 7) is 2.25. The third-order valence-electron chi connectivity index (χ3n) is 6.72. The van der Waals surface area contributed by atoms with Crippen LogP contribution in [0.2, 0.25) is 0 Å². The molecule has 0 fully saturated rings. The molecule has 2 aromatic carbocycles. The molecule has 0 atom stereocenters. The van der Waals surface area contributed by atoms with Gasteiger partial charge in [0.05, 0.1) is 36.2 Å². The number of aromatic nitrogens is 4. The van der Waals surface area contributed by atoms with E-state index in [0.717, 1.165) is 16.5 Å². The number of benzene rings is 2. The van der Waals surface area contributed by atoms with E-state index in [-0.39, 0.29) is 36.0 Å². The van der Waals surface area contributed by atoms with Crippen molar-refractivity contribution in [3.63, 3.8) is 0 Å². The van der Waals surface area contributed by atoms with Gasteiger partial charge in [-0.2, -0.15) is 5.10 Å². The maximum absolute atomic E-state index is 15.3. The van der Waals surface area contributed by atoms with Crippen LogP contribution < -0.4 is 20.3 Å². The lowest BCUT2D eigenvalue weighted by molar-refractivity contribution is 0.102. The van der Waals surface area contributed by atoms with Gasteiger partial charge in [0.2, 0.25) is 0 Å². The lowest BCUT2D eigenvalue weighted by Crippen LogP contribution is -2.29. The third-order valence-corrected chi connectivity index (χ3v) is 7.91. The molecule has 0 radical (unpaired) electrons. The van der Waals surface area contributed by atoms with Crippen molar-refractivity contribution in [3.05, 3.63) is 113 Å². The number of carbonyl (C=O) groups excluding carboxylic acids is 1. The number of fused-ring (bicyclic) bond motifs is 1. The van der Waals surface area contributed by atoms with Crippen LogP contribution in [-0.4, -0.2) is 43.6 Å². The monoisotopic (exact) mass is 629 g/mol. The first-order chi connectivity index (χ1) is 21.8. The number of nitrogens with zero attached hydrogens (tertiary/aromatic N) is 4. The number of aliphatic hydroxyl groups excluding tert-OH is 1. The quantitative estimate of drug-likeness (QED) is 0.190. The van der Waals surface area contributed by atoms with Gasteiger partial charge in [-0.3, -0.25) is 23.8 Å². The molecule has 45 heavy (non-hydrogen) atoms. The van der Waals surface area contributed by atoms with Crippen molar-refractivity contribution >= 4 is 33.1 Å². The molecule has 6 aromatic rings. The molecule has 0 unspecified atom stereocenters. The number of rotatable bonds is 10. The molecule has 228 valence electrons. The van der Waals surface area contributed by atoms with Crippen molar-refractivity contribution in [1.82, 2.24) is 19.3 Å².